The average Bonchev–Trinajstić information content (AvgIpc) is 2.56. The van der Waals surface area contributed by atoms with Crippen molar-refractivity contribution >= 4 is 26.7 Å². The number of aryl methyl sites for hydroxylation is 2. The molecule has 0 spiro atoms. The van der Waals surface area contributed by atoms with Gasteiger partial charge in [0.05, 0.1) is 11.3 Å². The van der Waals surface area contributed by atoms with E-state index in [4.69, 9.17) is 0 Å². The number of fused-ring (bicyclic) bond motifs is 1. The Labute approximate surface area is 100 Å². The second-order valence-electron chi connectivity index (χ2n) is 3.95. The Kier molecular flexibility index (Phi) is 2.82. The third-order valence-corrected chi connectivity index (χ3v) is 3.96. The van der Waals surface area contributed by atoms with E-state index in [1.807, 2.05) is 25.1 Å². The molecule has 5 nitrogen and oxygen atoms in total. The zero-order chi connectivity index (χ0) is 12.6. The van der Waals surface area contributed by atoms with Gasteiger partial charge in [-0.25, -0.2) is 8.42 Å². The van der Waals surface area contributed by atoms with E-state index in [1.54, 1.807) is 18.7 Å². The van der Waals surface area contributed by atoms with Crippen molar-refractivity contribution in [1.29, 1.82) is 0 Å². The minimum Gasteiger partial charge on any atom is -0.266 e. The molecular formula is C11H15N3O2S. The Bertz CT molecular complexity index is 659. The third kappa shape index (κ3) is 2.12. The molecule has 2 aromatic rings. The Morgan fingerprint density at radius 3 is 2.76 bits per heavy atom. The molecule has 0 unspecified atom stereocenters. The molecular weight excluding hydrogens is 238 g/mol. The summed E-state index contributed by atoms with van der Waals surface area (Å²) in [5, 5.41) is 5.03. The lowest BCUT2D eigenvalue weighted by Gasteiger charge is -2.02. The zero-order valence-corrected chi connectivity index (χ0v) is 10.9. The maximum atomic E-state index is 11.5. The molecule has 92 valence electrons. The monoisotopic (exact) mass is 253 g/mol. The van der Waals surface area contributed by atoms with Crippen LogP contribution in [0.3, 0.4) is 0 Å². The number of anilines is 1. The summed E-state index contributed by atoms with van der Waals surface area (Å²) in [6.07, 6.45) is 0. The van der Waals surface area contributed by atoms with Gasteiger partial charge in [-0.1, -0.05) is 12.1 Å². The first kappa shape index (κ1) is 11.9. The number of sulfonamides is 1. The van der Waals surface area contributed by atoms with Gasteiger partial charge in [-0.05, 0) is 25.5 Å². The fourth-order valence-corrected chi connectivity index (χ4v) is 2.42. The molecule has 0 aliphatic heterocycles. The summed E-state index contributed by atoms with van der Waals surface area (Å²) in [5.41, 5.74) is 2.01. The van der Waals surface area contributed by atoms with E-state index in [-0.39, 0.29) is 5.75 Å². The van der Waals surface area contributed by atoms with Crippen LogP contribution in [-0.2, 0) is 17.1 Å². The van der Waals surface area contributed by atoms with Gasteiger partial charge < -0.3 is 0 Å². The van der Waals surface area contributed by atoms with Crippen molar-refractivity contribution in [3.8, 4) is 0 Å². The minimum atomic E-state index is -3.29. The highest BCUT2D eigenvalue weighted by Crippen LogP contribution is 2.25. The number of hydrogen-bond donors (Lipinski definition) is 1. The van der Waals surface area contributed by atoms with Crippen molar-refractivity contribution in [3.63, 3.8) is 0 Å². The van der Waals surface area contributed by atoms with Crippen LogP contribution < -0.4 is 4.72 Å². The van der Waals surface area contributed by atoms with Crippen molar-refractivity contribution in [2.24, 2.45) is 7.05 Å². The smallest absolute Gasteiger partial charge is 0.233 e. The average molecular weight is 253 g/mol. The lowest BCUT2D eigenvalue weighted by molar-refractivity contribution is 0.602. The van der Waals surface area contributed by atoms with Crippen molar-refractivity contribution in [1.82, 2.24) is 9.78 Å². The molecule has 0 atom stereocenters. The van der Waals surface area contributed by atoms with E-state index in [1.165, 1.54) is 0 Å². The van der Waals surface area contributed by atoms with Crippen LogP contribution in [0.2, 0.25) is 0 Å². The topological polar surface area (TPSA) is 64.0 Å². The first-order valence-electron chi connectivity index (χ1n) is 5.37. The number of nitrogens with zero attached hydrogens (tertiary/aromatic N) is 2. The molecule has 0 aliphatic carbocycles. The van der Waals surface area contributed by atoms with E-state index in [0.717, 1.165) is 16.5 Å². The highest BCUT2D eigenvalue weighted by atomic mass is 32.2. The first-order chi connectivity index (χ1) is 7.94. The Morgan fingerprint density at radius 1 is 1.41 bits per heavy atom. The van der Waals surface area contributed by atoms with E-state index >= 15 is 0 Å². The number of nitrogens with one attached hydrogen (secondary N) is 1. The largest absolute Gasteiger partial charge is 0.266 e. The highest BCUT2D eigenvalue weighted by Gasteiger charge is 2.14. The number of para-hydroxylation sites is 1. The molecule has 0 saturated heterocycles. The van der Waals surface area contributed by atoms with Crippen molar-refractivity contribution in [3.05, 3.63) is 23.8 Å². The summed E-state index contributed by atoms with van der Waals surface area (Å²) < 4.78 is 27.3. The van der Waals surface area contributed by atoms with Gasteiger partial charge in [-0.15, -0.1) is 0 Å². The van der Waals surface area contributed by atoms with Crippen LogP contribution in [0, 0.1) is 6.92 Å². The van der Waals surface area contributed by atoms with E-state index in [9.17, 15) is 8.42 Å². The van der Waals surface area contributed by atoms with Crippen LogP contribution in [0.4, 0.5) is 5.82 Å². The molecule has 0 aliphatic rings. The fraction of sp³-hybridized carbons (Fsp3) is 0.364. The number of benzene rings is 1. The number of rotatable bonds is 3. The predicted octanol–water partition coefficient (Wildman–Crippen LogP) is 1.64. The lowest BCUT2D eigenvalue weighted by atomic mass is 10.1. The summed E-state index contributed by atoms with van der Waals surface area (Å²) in [5.74, 6) is 0.435. The molecule has 6 heteroatoms. The molecule has 0 saturated carbocycles. The van der Waals surface area contributed by atoms with Crippen LogP contribution in [0.1, 0.15) is 12.5 Å². The van der Waals surface area contributed by atoms with Crippen LogP contribution in [0.15, 0.2) is 18.2 Å². The molecule has 1 N–H and O–H groups in total. The molecule has 0 amide bonds. The fourth-order valence-electron chi connectivity index (χ4n) is 1.83. The molecule has 2 rings (SSSR count). The number of hydrogen-bond acceptors (Lipinski definition) is 3. The second kappa shape index (κ2) is 4.03. The van der Waals surface area contributed by atoms with Gasteiger partial charge in [-0.2, -0.15) is 5.10 Å². The van der Waals surface area contributed by atoms with Crippen molar-refractivity contribution in [2.75, 3.05) is 10.5 Å². The lowest BCUT2D eigenvalue weighted by Crippen LogP contribution is -2.15. The summed E-state index contributed by atoms with van der Waals surface area (Å²) >= 11 is 0. The summed E-state index contributed by atoms with van der Waals surface area (Å²) in [6, 6.07) is 5.73. The second-order valence-corrected chi connectivity index (χ2v) is 5.96. The first-order valence-corrected chi connectivity index (χ1v) is 7.02. The van der Waals surface area contributed by atoms with Gasteiger partial charge in [0, 0.05) is 12.4 Å². The molecule has 1 heterocycles. The minimum absolute atomic E-state index is 0.0386. The molecule has 0 fully saturated rings. The SMILES string of the molecule is CCS(=O)(=O)Nc1nn(C)c2c(C)cccc12. The van der Waals surface area contributed by atoms with Gasteiger partial charge in [0.1, 0.15) is 0 Å². The van der Waals surface area contributed by atoms with Crippen molar-refractivity contribution in [2.45, 2.75) is 13.8 Å². The van der Waals surface area contributed by atoms with Gasteiger partial charge in [0.25, 0.3) is 0 Å². The maximum absolute atomic E-state index is 11.5. The zero-order valence-electron chi connectivity index (χ0n) is 10.1. The molecule has 0 bridgehead atoms. The normalized spacial score (nSPS) is 11.9. The Balaban J connectivity index is 2.61. The quantitative estimate of drug-likeness (QED) is 0.904. The predicted molar refractivity (Wildman–Crippen MR) is 68.5 cm³/mol. The Hall–Kier alpha value is -1.56. The van der Waals surface area contributed by atoms with Crippen LogP contribution >= 0.6 is 0 Å². The summed E-state index contributed by atoms with van der Waals surface area (Å²) in [6.45, 7) is 3.57. The van der Waals surface area contributed by atoms with Gasteiger partial charge in [-0.3, -0.25) is 9.40 Å². The standard InChI is InChI=1S/C11H15N3O2S/c1-4-17(15,16)13-11-9-7-5-6-8(2)10(9)14(3)12-11/h5-7H,4H2,1-3H3,(H,12,13). The molecule has 17 heavy (non-hydrogen) atoms. The molecule has 1 aromatic heterocycles. The summed E-state index contributed by atoms with van der Waals surface area (Å²) in [7, 11) is -1.48. The highest BCUT2D eigenvalue weighted by molar-refractivity contribution is 7.92. The van der Waals surface area contributed by atoms with E-state index < -0.39 is 10.0 Å². The van der Waals surface area contributed by atoms with Gasteiger partial charge >= 0.3 is 0 Å². The van der Waals surface area contributed by atoms with Gasteiger partial charge in [0.15, 0.2) is 5.82 Å². The summed E-state index contributed by atoms with van der Waals surface area (Å²) in [4.78, 5) is 0. The molecule has 1 aromatic carbocycles. The van der Waals surface area contributed by atoms with Crippen LogP contribution in [-0.4, -0.2) is 24.0 Å². The third-order valence-electron chi connectivity index (χ3n) is 2.70. The van der Waals surface area contributed by atoms with Crippen LogP contribution in [0.5, 0.6) is 0 Å². The molecule has 0 radical (unpaired) electrons. The van der Waals surface area contributed by atoms with Crippen molar-refractivity contribution < 1.29 is 8.42 Å². The van der Waals surface area contributed by atoms with Crippen LogP contribution in [0.25, 0.3) is 10.9 Å². The van der Waals surface area contributed by atoms with Gasteiger partial charge in [0.2, 0.25) is 10.0 Å². The Morgan fingerprint density at radius 2 is 2.12 bits per heavy atom. The van der Waals surface area contributed by atoms with E-state index in [2.05, 4.69) is 9.82 Å². The van der Waals surface area contributed by atoms with E-state index in [0.29, 0.717) is 5.82 Å². The number of aromatic nitrogens is 2. The maximum Gasteiger partial charge on any atom is 0.233 e.